The van der Waals surface area contributed by atoms with E-state index in [-0.39, 0.29) is 17.9 Å². The number of benzene rings is 2. The molecule has 1 unspecified atom stereocenters. The Balaban J connectivity index is 1.29. The number of amides is 3. The van der Waals surface area contributed by atoms with Gasteiger partial charge in [-0.15, -0.1) is 11.3 Å². The Labute approximate surface area is 180 Å². The van der Waals surface area contributed by atoms with Gasteiger partial charge in [0.15, 0.2) is 0 Å². The van der Waals surface area contributed by atoms with E-state index in [4.69, 9.17) is 0 Å². The molecule has 0 radical (unpaired) electrons. The van der Waals surface area contributed by atoms with Crippen LogP contribution in [0, 0.1) is 5.92 Å². The number of anilines is 1. The maximum atomic E-state index is 12.6. The Morgan fingerprint density at radius 2 is 1.80 bits per heavy atom. The fourth-order valence-corrected chi connectivity index (χ4v) is 4.28. The summed E-state index contributed by atoms with van der Waals surface area (Å²) in [6.07, 6.45) is 1.60. The highest BCUT2D eigenvalue weighted by Gasteiger charge is 2.28. The van der Waals surface area contributed by atoms with Crippen LogP contribution in [-0.2, 0) is 11.3 Å². The highest BCUT2D eigenvalue weighted by molar-refractivity contribution is 7.09. The van der Waals surface area contributed by atoms with E-state index in [2.05, 4.69) is 15.6 Å². The summed E-state index contributed by atoms with van der Waals surface area (Å²) in [5, 5.41) is 8.75. The predicted octanol–water partition coefficient (Wildman–Crippen LogP) is 4.37. The van der Waals surface area contributed by atoms with Crippen LogP contribution in [-0.4, -0.2) is 34.9 Å². The van der Waals surface area contributed by atoms with Crippen molar-refractivity contribution in [2.75, 3.05) is 18.4 Å². The zero-order valence-corrected chi connectivity index (χ0v) is 17.4. The first-order valence-electron chi connectivity index (χ1n) is 10.1. The molecule has 1 fully saturated rings. The second-order valence-electron chi connectivity index (χ2n) is 7.29. The van der Waals surface area contributed by atoms with Crippen LogP contribution in [0.2, 0.25) is 0 Å². The van der Waals surface area contributed by atoms with Gasteiger partial charge in [0.05, 0.1) is 18.2 Å². The zero-order chi connectivity index (χ0) is 20.8. The lowest BCUT2D eigenvalue weighted by Crippen LogP contribution is -2.47. The number of rotatable bonds is 5. The summed E-state index contributed by atoms with van der Waals surface area (Å²) in [5.41, 5.74) is 2.76. The molecule has 3 amide bonds. The number of aromatic nitrogens is 1. The number of carbonyl (C=O) groups is 2. The molecule has 0 saturated carbocycles. The minimum atomic E-state index is -0.200. The van der Waals surface area contributed by atoms with Gasteiger partial charge in [-0.05, 0) is 25.0 Å². The molecule has 154 valence electrons. The third-order valence-corrected chi connectivity index (χ3v) is 5.98. The molecule has 0 bridgehead atoms. The SMILES string of the molecule is O=C(Nc1ccccc1)C1CCCN(C(=O)NCc2nc(-c3ccccc3)cs2)C1. The molecule has 2 N–H and O–H groups in total. The van der Waals surface area contributed by atoms with Crippen molar-refractivity contribution in [3.8, 4) is 11.3 Å². The molecule has 2 aromatic carbocycles. The average Bonchev–Trinajstić information content (AvgIpc) is 3.28. The van der Waals surface area contributed by atoms with Gasteiger partial charge < -0.3 is 15.5 Å². The minimum Gasteiger partial charge on any atom is -0.331 e. The summed E-state index contributed by atoms with van der Waals surface area (Å²) in [4.78, 5) is 31.5. The molecule has 2 heterocycles. The number of urea groups is 1. The van der Waals surface area contributed by atoms with Gasteiger partial charge in [0.25, 0.3) is 0 Å². The van der Waals surface area contributed by atoms with Gasteiger partial charge in [0.1, 0.15) is 5.01 Å². The van der Waals surface area contributed by atoms with E-state index in [0.29, 0.717) is 19.6 Å². The second-order valence-corrected chi connectivity index (χ2v) is 8.23. The third kappa shape index (κ3) is 5.04. The maximum absolute atomic E-state index is 12.6. The van der Waals surface area contributed by atoms with E-state index in [1.54, 1.807) is 4.90 Å². The van der Waals surface area contributed by atoms with E-state index in [1.165, 1.54) is 11.3 Å². The molecule has 1 aliphatic rings. The van der Waals surface area contributed by atoms with E-state index in [9.17, 15) is 9.59 Å². The Hall–Kier alpha value is -3.19. The number of nitrogens with one attached hydrogen (secondary N) is 2. The van der Waals surface area contributed by atoms with Crippen molar-refractivity contribution in [3.05, 3.63) is 71.1 Å². The number of piperidine rings is 1. The molecule has 30 heavy (non-hydrogen) atoms. The molecular weight excluding hydrogens is 396 g/mol. The summed E-state index contributed by atoms with van der Waals surface area (Å²) < 4.78 is 0. The Morgan fingerprint density at radius 3 is 2.57 bits per heavy atom. The van der Waals surface area contributed by atoms with Gasteiger partial charge in [-0.1, -0.05) is 48.5 Å². The van der Waals surface area contributed by atoms with Crippen LogP contribution < -0.4 is 10.6 Å². The standard InChI is InChI=1S/C23H24N4O2S/c28-22(25-19-11-5-2-6-12-19)18-10-7-13-27(15-18)23(29)24-14-21-26-20(16-30-21)17-8-3-1-4-9-17/h1-6,8-9,11-12,16,18H,7,10,13-15H2,(H,24,29)(H,25,28). The largest absolute Gasteiger partial charge is 0.331 e. The summed E-state index contributed by atoms with van der Waals surface area (Å²) in [6, 6.07) is 19.2. The molecule has 1 aromatic heterocycles. The topological polar surface area (TPSA) is 74.3 Å². The second kappa shape index (κ2) is 9.54. The van der Waals surface area contributed by atoms with Crippen LogP contribution >= 0.6 is 11.3 Å². The van der Waals surface area contributed by atoms with Crippen LogP contribution in [0.5, 0.6) is 0 Å². The number of thiazole rings is 1. The first-order valence-corrected chi connectivity index (χ1v) is 11.0. The van der Waals surface area contributed by atoms with Crippen molar-refractivity contribution in [1.29, 1.82) is 0 Å². The highest BCUT2D eigenvalue weighted by atomic mass is 32.1. The third-order valence-electron chi connectivity index (χ3n) is 5.13. The number of hydrogen-bond acceptors (Lipinski definition) is 4. The van der Waals surface area contributed by atoms with E-state index >= 15 is 0 Å². The summed E-state index contributed by atoms with van der Waals surface area (Å²) in [5.74, 6) is -0.236. The zero-order valence-electron chi connectivity index (χ0n) is 16.6. The van der Waals surface area contributed by atoms with Gasteiger partial charge in [-0.3, -0.25) is 4.79 Å². The van der Waals surface area contributed by atoms with Gasteiger partial charge in [-0.25, -0.2) is 9.78 Å². The number of hydrogen-bond donors (Lipinski definition) is 2. The Bertz CT molecular complexity index is 991. The smallest absolute Gasteiger partial charge is 0.317 e. The van der Waals surface area contributed by atoms with Gasteiger partial charge in [0, 0.05) is 29.7 Å². The first kappa shape index (κ1) is 20.1. The van der Waals surface area contributed by atoms with E-state index in [0.717, 1.165) is 34.8 Å². The van der Waals surface area contributed by atoms with Gasteiger partial charge in [0.2, 0.25) is 5.91 Å². The van der Waals surface area contributed by atoms with Gasteiger partial charge in [-0.2, -0.15) is 0 Å². The fourth-order valence-electron chi connectivity index (χ4n) is 3.54. The average molecular weight is 421 g/mol. The van der Waals surface area contributed by atoms with E-state index in [1.807, 2.05) is 66.0 Å². The Kier molecular flexibility index (Phi) is 6.39. The lowest BCUT2D eigenvalue weighted by atomic mass is 9.97. The molecule has 1 atom stereocenters. The summed E-state index contributed by atoms with van der Waals surface area (Å²) >= 11 is 1.53. The predicted molar refractivity (Wildman–Crippen MR) is 119 cm³/mol. The molecule has 1 aliphatic heterocycles. The lowest BCUT2D eigenvalue weighted by Gasteiger charge is -2.32. The normalized spacial score (nSPS) is 16.1. The van der Waals surface area contributed by atoms with Crippen LogP contribution in [0.25, 0.3) is 11.3 Å². The van der Waals surface area contributed by atoms with Crippen LogP contribution in [0.3, 0.4) is 0 Å². The van der Waals surface area contributed by atoms with Crippen molar-refractivity contribution in [3.63, 3.8) is 0 Å². The molecular formula is C23H24N4O2S. The first-order chi connectivity index (χ1) is 14.7. The van der Waals surface area contributed by atoms with Crippen LogP contribution in [0.15, 0.2) is 66.0 Å². The summed E-state index contributed by atoms with van der Waals surface area (Å²) in [6.45, 7) is 1.47. The van der Waals surface area contributed by atoms with Crippen LogP contribution in [0.4, 0.5) is 10.5 Å². The lowest BCUT2D eigenvalue weighted by molar-refractivity contribution is -0.121. The Morgan fingerprint density at radius 1 is 1.07 bits per heavy atom. The number of nitrogens with zero attached hydrogens (tertiary/aromatic N) is 2. The highest BCUT2D eigenvalue weighted by Crippen LogP contribution is 2.22. The van der Waals surface area contributed by atoms with Crippen molar-refractivity contribution >= 4 is 29.0 Å². The molecule has 3 aromatic rings. The molecule has 0 aliphatic carbocycles. The van der Waals surface area contributed by atoms with Gasteiger partial charge >= 0.3 is 6.03 Å². The number of para-hydroxylation sites is 1. The molecule has 4 rings (SSSR count). The molecule has 0 spiro atoms. The monoisotopic (exact) mass is 420 g/mol. The number of carbonyl (C=O) groups excluding carboxylic acids is 2. The molecule has 7 heteroatoms. The van der Waals surface area contributed by atoms with Crippen molar-refractivity contribution in [2.24, 2.45) is 5.92 Å². The van der Waals surface area contributed by atoms with E-state index < -0.39 is 0 Å². The maximum Gasteiger partial charge on any atom is 0.317 e. The van der Waals surface area contributed by atoms with Crippen molar-refractivity contribution in [1.82, 2.24) is 15.2 Å². The molecule has 6 nitrogen and oxygen atoms in total. The summed E-state index contributed by atoms with van der Waals surface area (Å²) in [7, 11) is 0. The minimum absolute atomic E-state index is 0.0360. The quantitative estimate of drug-likeness (QED) is 0.644. The van der Waals surface area contributed by atoms with Crippen molar-refractivity contribution in [2.45, 2.75) is 19.4 Å². The van der Waals surface area contributed by atoms with Crippen molar-refractivity contribution < 1.29 is 9.59 Å². The van der Waals surface area contributed by atoms with Crippen LogP contribution in [0.1, 0.15) is 17.8 Å². The fraction of sp³-hybridized carbons (Fsp3) is 0.261. The number of likely N-dealkylation sites (tertiary alicyclic amines) is 1. The molecule has 1 saturated heterocycles.